The number of nitrogens with one attached hydrogen (secondary N) is 1. The third kappa shape index (κ3) is 3.43. The molecule has 2 aliphatic rings. The van der Waals surface area contributed by atoms with Crippen molar-refractivity contribution < 1.29 is 9.53 Å². The van der Waals surface area contributed by atoms with Crippen molar-refractivity contribution in [3.8, 4) is 0 Å². The minimum Gasteiger partial charge on any atom is -0.376 e. The van der Waals surface area contributed by atoms with Crippen molar-refractivity contribution in [3.05, 3.63) is 34.3 Å². The first-order valence-electron chi connectivity index (χ1n) is 9.02. The molecule has 2 atom stereocenters. The van der Waals surface area contributed by atoms with E-state index in [0.29, 0.717) is 5.56 Å². The van der Waals surface area contributed by atoms with Crippen LogP contribution < -0.4 is 5.32 Å². The molecule has 0 radical (unpaired) electrons. The zero-order chi connectivity index (χ0) is 18.0. The lowest BCUT2D eigenvalue weighted by Gasteiger charge is -2.29. The molecular formula is C18H23N5O2S. The van der Waals surface area contributed by atoms with E-state index in [4.69, 9.17) is 4.74 Å². The van der Waals surface area contributed by atoms with Gasteiger partial charge in [-0.15, -0.1) is 5.10 Å². The molecule has 26 heavy (non-hydrogen) atoms. The summed E-state index contributed by atoms with van der Waals surface area (Å²) >= 11 is 1.51. The third-order valence-electron chi connectivity index (χ3n) is 5.07. The van der Waals surface area contributed by atoms with Gasteiger partial charge in [0.25, 0.3) is 5.91 Å². The highest BCUT2D eigenvalue weighted by Crippen LogP contribution is 2.41. The van der Waals surface area contributed by atoms with Crippen LogP contribution in [0.5, 0.6) is 0 Å². The van der Waals surface area contributed by atoms with E-state index < -0.39 is 0 Å². The van der Waals surface area contributed by atoms with E-state index in [1.165, 1.54) is 11.3 Å². The Morgan fingerprint density at radius 3 is 3.08 bits per heavy atom. The Balaban J connectivity index is 1.58. The second-order valence-corrected chi connectivity index (χ2v) is 7.73. The van der Waals surface area contributed by atoms with Gasteiger partial charge in [-0.1, -0.05) is 5.21 Å². The fourth-order valence-corrected chi connectivity index (χ4v) is 4.06. The van der Waals surface area contributed by atoms with E-state index in [1.54, 1.807) is 7.05 Å². The number of rotatable bonds is 6. The molecule has 2 fully saturated rings. The number of hydrogen-bond acceptors (Lipinski definition) is 6. The smallest absolute Gasteiger partial charge is 0.252 e. The van der Waals surface area contributed by atoms with Gasteiger partial charge in [-0.2, -0.15) is 11.3 Å². The monoisotopic (exact) mass is 373 g/mol. The molecule has 8 heteroatoms. The van der Waals surface area contributed by atoms with E-state index in [9.17, 15) is 4.79 Å². The Morgan fingerprint density at radius 2 is 2.42 bits per heavy atom. The number of carbonyl (C=O) groups is 1. The van der Waals surface area contributed by atoms with Crippen LogP contribution in [0.1, 0.15) is 54.2 Å². The van der Waals surface area contributed by atoms with E-state index in [0.717, 1.165) is 44.4 Å². The van der Waals surface area contributed by atoms with Crippen LogP contribution in [0, 0.1) is 0 Å². The lowest BCUT2D eigenvalue weighted by atomic mass is 9.99. The first kappa shape index (κ1) is 17.4. The van der Waals surface area contributed by atoms with E-state index in [-0.39, 0.29) is 23.6 Å². The van der Waals surface area contributed by atoms with Gasteiger partial charge in [-0.3, -0.25) is 9.79 Å². The Hall–Kier alpha value is -2.06. The highest BCUT2D eigenvalue weighted by Gasteiger charge is 2.45. The summed E-state index contributed by atoms with van der Waals surface area (Å²) in [6.07, 6.45) is 8.88. The van der Waals surface area contributed by atoms with Crippen LogP contribution in [-0.4, -0.2) is 46.9 Å². The second kappa shape index (κ2) is 7.28. The van der Waals surface area contributed by atoms with Gasteiger partial charge in [0.05, 0.1) is 23.4 Å². The maximum absolute atomic E-state index is 12.6. The fraction of sp³-hybridized carbons (Fsp3) is 0.556. The van der Waals surface area contributed by atoms with E-state index in [1.807, 2.05) is 33.9 Å². The summed E-state index contributed by atoms with van der Waals surface area (Å²) in [6.45, 7) is 0.718. The number of aromatic nitrogens is 3. The number of aliphatic imine (C=N–C) groups is 1. The summed E-state index contributed by atoms with van der Waals surface area (Å²) in [6, 6.07) is 1.53. The van der Waals surface area contributed by atoms with Crippen LogP contribution >= 0.6 is 11.3 Å². The first-order chi connectivity index (χ1) is 12.7. The molecule has 2 aromatic rings. The number of ether oxygens (including phenoxy) is 1. The molecule has 0 aromatic carbocycles. The van der Waals surface area contributed by atoms with Gasteiger partial charge >= 0.3 is 0 Å². The van der Waals surface area contributed by atoms with E-state index >= 15 is 0 Å². The van der Waals surface area contributed by atoms with Gasteiger partial charge in [-0.05, 0) is 43.6 Å². The van der Waals surface area contributed by atoms with Crippen LogP contribution in [-0.2, 0) is 10.3 Å². The van der Waals surface area contributed by atoms with Gasteiger partial charge in [0.1, 0.15) is 11.7 Å². The van der Waals surface area contributed by atoms with Gasteiger partial charge in [0, 0.05) is 25.2 Å². The van der Waals surface area contributed by atoms with Crippen molar-refractivity contribution in [2.75, 3.05) is 13.7 Å². The van der Waals surface area contributed by atoms with Crippen LogP contribution in [0.25, 0.3) is 0 Å². The molecule has 3 heterocycles. The van der Waals surface area contributed by atoms with Crippen LogP contribution in [0.3, 0.4) is 0 Å². The minimum absolute atomic E-state index is 0.0773. The third-order valence-corrected chi connectivity index (χ3v) is 5.76. The molecule has 0 bridgehead atoms. The number of thiophene rings is 1. The van der Waals surface area contributed by atoms with Crippen molar-refractivity contribution in [2.24, 2.45) is 4.99 Å². The average molecular weight is 373 g/mol. The lowest BCUT2D eigenvalue weighted by molar-refractivity contribution is -0.00830. The Labute approximate surface area is 156 Å². The largest absolute Gasteiger partial charge is 0.376 e. The molecule has 2 unspecified atom stereocenters. The molecule has 1 aliphatic carbocycles. The summed E-state index contributed by atoms with van der Waals surface area (Å²) in [7, 11) is 1.78. The number of hydrogen-bond donors (Lipinski definition) is 1. The number of carbonyl (C=O) groups excluding carboxylic acids is 1. The lowest BCUT2D eigenvalue weighted by Crippen LogP contribution is -2.39. The topological polar surface area (TPSA) is 81.4 Å². The van der Waals surface area contributed by atoms with Crippen LogP contribution in [0.2, 0.25) is 0 Å². The number of nitrogens with zero attached hydrogens (tertiary/aromatic N) is 4. The molecule has 1 amide bonds. The molecule has 0 spiro atoms. The molecule has 1 N–H and O–H groups in total. The Morgan fingerprint density at radius 1 is 1.54 bits per heavy atom. The highest BCUT2D eigenvalue weighted by molar-refractivity contribution is 7.08. The van der Waals surface area contributed by atoms with Crippen molar-refractivity contribution >= 4 is 23.5 Å². The van der Waals surface area contributed by atoms with Crippen LogP contribution in [0.4, 0.5) is 0 Å². The van der Waals surface area contributed by atoms with Gasteiger partial charge in [0.15, 0.2) is 0 Å². The standard InChI is InChI=1S/C18H23N5O2S/c1-19-12-18(6-7-18)23-10-14(21-22-23)16(15-4-2-3-8-25-15)20-17(24)13-5-9-26-11-13/h5,9-12,15-16H,2-4,6-8H2,1H3,(H,20,24). The summed E-state index contributed by atoms with van der Waals surface area (Å²) in [5.41, 5.74) is 1.27. The highest BCUT2D eigenvalue weighted by atomic mass is 32.1. The Bertz CT molecular complexity index is 775. The maximum atomic E-state index is 12.6. The predicted octanol–water partition coefficient (Wildman–Crippen LogP) is 2.57. The van der Waals surface area contributed by atoms with Crippen molar-refractivity contribution in [3.63, 3.8) is 0 Å². The van der Waals surface area contributed by atoms with Gasteiger partial charge < -0.3 is 10.1 Å². The average Bonchev–Trinajstić information content (AvgIpc) is 3.08. The van der Waals surface area contributed by atoms with Crippen LogP contribution in [0.15, 0.2) is 28.0 Å². The van der Waals surface area contributed by atoms with Crippen molar-refractivity contribution in [1.82, 2.24) is 20.3 Å². The molecule has 138 valence electrons. The van der Waals surface area contributed by atoms with Crippen molar-refractivity contribution in [1.29, 1.82) is 0 Å². The number of amides is 1. The SMILES string of the molecule is CN=CC1(n2cc(C(NC(=O)c3ccsc3)C3CCCCO3)nn2)CC1. The van der Waals surface area contributed by atoms with Gasteiger partial charge in [0.2, 0.25) is 0 Å². The zero-order valence-corrected chi connectivity index (χ0v) is 15.6. The first-order valence-corrected chi connectivity index (χ1v) is 9.97. The molecular weight excluding hydrogens is 350 g/mol. The maximum Gasteiger partial charge on any atom is 0.252 e. The zero-order valence-electron chi connectivity index (χ0n) is 14.8. The molecule has 1 saturated carbocycles. The molecule has 1 saturated heterocycles. The summed E-state index contributed by atoms with van der Waals surface area (Å²) < 4.78 is 7.83. The fourth-order valence-electron chi connectivity index (χ4n) is 3.43. The molecule has 1 aliphatic heterocycles. The molecule has 7 nitrogen and oxygen atoms in total. The molecule has 4 rings (SSSR count). The quantitative estimate of drug-likeness (QED) is 0.789. The minimum atomic E-state index is -0.300. The van der Waals surface area contributed by atoms with E-state index in [2.05, 4.69) is 20.6 Å². The van der Waals surface area contributed by atoms with Gasteiger partial charge in [-0.25, -0.2) is 4.68 Å². The summed E-state index contributed by atoms with van der Waals surface area (Å²) in [5, 5.41) is 15.6. The normalized spacial score (nSPS) is 23.0. The predicted molar refractivity (Wildman–Crippen MR) is 99.8 cm³/mol. The Kier molecular flexibility index (Phi) is 4.86. The summed E-state index contributed by atoms with van der Waals surface area (Å²) in [4.78, 5) is 16.8. The van der Waals surface area contributed by atoms with Crippen molar-refractivity contribution in [2.45, 2.75) is 49.8 Å². The molecule has 2 aromatic heterocycles. The second-order valence-electron chi connectivity index (χ2n) is 6.95. The summed E-state index contributed by atoms with van der Waals surface area (Å²) in [5.74, 6) is -0.101.